The van der Waals surface area contributed by atoms with E-state index in [0.29, 0.717) is 13.0 Å². The van der Waals surface area contributed by atoms with Crippen molar-refractivity contribution in [3.8, 4) is 0 Å². The van der Waals surface area contributed by atoms with Crippen molar-refractivity contribution in [1.82, 2.24) is 15.1 Å². The van der Waals surface area contributed by atoms with Gasteiger partial charge >= 0.3 is 0 Å². The Morgan fingerprint density at radius 3 is 2.67 bits per heavy atom. The Kier molecular flexibility index (Phi) is 5.11. The van der Waals surface area contributed by atoms with Crippen LogP contribution >= 0.6 is 0 Å². The number of nitrogens with zero attached hydrogens (tertiary/aromatic N) is 3. The van der Waals surface area contributed by atoms with E-state index in [0.717, 1.165) is 11.4 Å². The van der Waals surface area contributed by atoms with Gasteiger partial charge in [-0.3, -0.25) is 9.48 Å². The average molecular weight is 286 g/mol. The number of benzene rings is 1. The highest BCUT2D eigenvalue weighted by Crippen LogP contribution is 2.12. The second-order valence-corrected chi connectivity index (χ2v) is 5.22. The van der Waals surface area contributed by atoms with Gasteiger partial charge in [0.1, 0.15) is 0 Å². The predicted molar refractivity (Wildman–Crippen MR) is 84.0 cm³/mol. The summed E-state index contributed by atoms with van der Waals surface area (Å²) in [6, 6.07) is 11.8. The number of aryl methyl sites for hydroxylation is 1. The van der Waals surface area contributed by atoms with Crippen LogP contribution < -0.4 is 10.2 Å². The van der Waals surface area contributed by atoms with Gasteiger partial charge in [-0.2, -0.15) is 5.10 Å². The van der Waals surface area contributed by atoms with Crippen molar-refractivity contribution >= 4 is 11.6 Å². The number of para-hydroxylation sites is 1. The van der Waals surface area contributed by atoms with Gasteiger partial charge in [0, 0.05) is 45.0 Å². The number of carbonyl (C=O) groups excluding carboxylic acids is 1. The predicted octanol–water partition coefficient (Wildman–Crippen LogP) is 1.95. The molecule has 2 rings (SSSR count). The van der Waals surface area contributed by atoms with Crippen molar-refractivity contribution in [2.24, 2.45) is 7.05 Å². The Hall–Kier alpha value is -2.14. The second kappa shape index (κ2) is 7.04. The van der Waals surface area contributed by atoms with E-state index < -0.39 is 0 Å². The summed E-state index contributed by atoms with van der Waals surface area (Å²) in [6.45, 7) is 2.73. The monoisotopic (exact) mass is 286 g/mol. The first-order chi connectivity index (χ1) is 10.1. The van der Waals surface area contributed by atoms with Crippen molar-refractivity contribution in [3.63, 3.8) is 0 Å². The Balaban J connectivity index is 1.83. The molecule has 0 fully saturated rings. The summed E-state index contributed by atoms with van der Waals surface area (Å²) in [5, 5.41) is 7.48. The van der Waals surface area contributed by atoms with Crippen LogP contribution in [0.25, 0.3) is 0 Å². The molecular weight excluding hydrogens is 264 g/mol. The average Bonchev–Trinajstić information content (AvgIpc) is 2.90. The largest absolute Gasteiger partial charge is 0.315 e. The van der Waals surface area contributed by atoms with E-state index in [1.165, 1.54) is 0 Å². The molecule has 1 aromatic carbocycles. The van der Waals surface area contributed by atoms with Gasteiger partial charge in [0.05, 0.1) is 5.69 Å². The highest BCUT2D eigenvalue weighted by molar-refractivity contribution is 5.93. The van der Waals surface area contributed by atoms with E-state index in [2.05, 4.69) is 10.4 Å². The van der Waals surface area contributed by atoms with E-state index in [9.17, 15) is 4.79 Å². The smallest absolute Gasteiger partial charge is 0.228 e. The third kappa shape index (κ3) is 4.16. The molecule has 0 aliphatic carbocycles. The summed E-state index contributed by atoms with van der Waals surface area (Å²) >= 11 is 0. The summed E-state index contributed by atoms with van der Waals surface area (Å²) in [7, 11) is 3.72. The van der Waals surface area contributed by atoms with Gasteiger partial charge in [-0.05, 0) is 25.1 Å². The number of carbonyl (C=O) groups is 1. The molecule has 1 atom stereocenters. The summed E-state index contributed by atoms with van der Waals surface area (Å²) in [5.74, 6) is 0.103. The molecule has 2 aromatic rings. The zero-order chi connectivity index (χ0) is 15.2. The maximum absolute atomic E-state index is 12.3. The normalized spacial score (nSPS) is 12.1. The van der Waals surface area contributed by atoms with Crippen LogP contribution in [0.2, 0.25) is 0 Å². The molecule has 5 heteroatoms. The van der Waals surface area contributed by atoms with Crippen molar-refractivity contribution in [2.45, 2.75) is 25.9 Å². The van der Waals surface area contributed by atoms with E-state index >= 15 is 0 Å². The molecule has 5 nitrogen and oxygen atoms in total. The fourth-order valence-electron chi connectivity index (χ4n) is 2.12. The minimum atomic E-state index is 0.103. The first-order valence-corrected chi connectivity index (χ1v) is 7.10. The fraction of sp³-hybridized carbons (Fsp3) is 0.375. The zero-order valence-electron chi connectivity index (χ0n) is 12.8. The molecule has 1 aromatic heterocycles. The summed E-state index contributed by atoms with van der Waals surface area (Å²) in [5.41, 5.74) is 2.02. The standard InChI is InChI=1S/C16H22N4O/c1-13(17-12-15-9-10-18-20(15)3)11-16(21)19(2)14-7-5-4-6-8-14/h4-10,13,17H,11-12H2,1-3H3/t13-/m0/s1. The first kappa shape index (κ1) is 15.3. The van der Waals surface area contributed by atoms with Crippen LogP contribution in [0.1, 0.15) is 19.0 Å². The van der Waals surface area contributed by atoms with Crippen molar-refractivity contribution in [1.29, 1.82) is 0 Å². The molecule has 1 N–H and O–H groups in total. The number of anilines is 1. The van der Waals surface area contributed by atoms with E-state index in [-0.39, 0.29) is 11.9 Å². The van der Waals surface area contributed by atoms with Crippen molar-refractivity contribution in [2.75, 3.05) is 11.9 Å². The maximum atomic E-state index is 12.3. The third-order valence-electron chi connectivity index (χ3n) is 3.55. The lowest BCUT2D eigenvalue weighted by atomic mass is 10.2. The molecule has 1 amide bonds. The Morgan fingerprint density at radius 1 is 1.33 bits per heavy atom. The summed E-state index contributed by atoms with van der Waals surface area (Å²) < 4.78 is 1.83. The lowest BCUT2D eigenvalue weighted by Crippen LogP contribution is -2.35. The zero-order valence-corrected chi connectivity index (χ0v) is 12.8. The van der Waals surface area contributed by atoms with E-state index in [1.807, 2.05) is 62.1 Å². The van der Waals surface area contributed by atoms with Gasteiger partial charge < -0.3 is 10.2 Å². The van der Waals surface area contributed by atoms with Crippen LogP contribution in [-0.2, 0) is 18.4 Å². The van der Waals surface area contributed by atoms with Gasteiger partial charge in [-0.15, -0.1) is 0 Å². The Morgan fingerprint density at radius 2 is 2.05 bits per heavy atom. The van der Waals surface area contributed by atoms with Gasteiger partial charge in [-0.25, -0.2) is 0 Å². The van der Waals surface area contributed by atoms with Crippen LogP contribution in [0.5, 0.6) is 0 Å². The van der Waals surface area contributed by atoms with E-state index in [1.54, 1.807) is 11.1 Å². The lowest BCUT2D eigenvalue weighted by Gasteiger charge is -2.20. The molecular formula is C16H22N4O. The van der Waals surface area contributed by atoms with Crippen LogP contribution in [-0.4, -0.2) is 28.8 Å². The number of hydrogen-bond acceptors (Lipinski definition) is 3. The molecule has 1 heterocycles. The minimum Gasteiger partial charge on any atom is -0.315 e. The molecule has 0 radical (unpaired) electrons. The summed E-state index contributed by atoms with van der Waals surface area (Å²) in [6.07, 6.45) is 2.24. The number of aromatic nitrogens is 2. The van der Waals surface area contributed by atoms with Gasteiger partial charge in [0.25, 0.3) is 0 Å². The maximum Gasteiger partial charge on any atom is 0.228 e. The number of rotatable bonds is 6. The van der Waals surface area contributed by atoms with Crippen LogP contribution in [0.4, 0.5) is 5.69 Å². The topological polar surface area (TPSA) is 50.2 Å². The summed E-state index contributed by atoms with van der Waals surface area (Å²) in [4.78, 5) is 13.9. The fourth-order valence-corrected chi connectivity index (χ4v) is 2.12. The quantitative estimate of drug-likeness (QED) is 0.883. The van der Waals surface area contributed by atoms with E-state index in [4.69, 9.17) is 0 Å². The van der Waals surface area contributed by atoms with Crippen LogP contribution in [0.15, 0.2) is 42.6 Å². The Labute approximate surface area is 125 Å². The Bertz CT molecular complexity index is 579. The molecule has 21 heavy (non-hydrogen) atoms. The number of amides is 1. The van der Waals surface area contributed by atoms with Crippen LogP contribution in [0, 0.1) is 0 Å². The SMILES string of the molecule is C[C@@H](CC(=O)N(C)c1ccccc1)NCc1ccnn1C. The second-order valence-electron chi connectivity index (χ2n) is 5.22. The molecule has 0 bridgehead atoms. The minimum absolute atomic E-state index is 0.103. The molecule has 0 aliphatic rings. The van der Waals surface area contributed by atoms with Crippen LogP contribution in [0.3, 0.4) is 0 Å². The van der Waals surface area contributed by atoms with Gasteiger partial charge in [0.2, 0.25) is 5.91 Å². The molecule has 0 spiro atoms. The molecule has 0 saturated heterocycles. The number of hydrogen-bond donors (Lipinski definition) is 1. The third-order valence-corrected chi connectivity index (χ3v) is 3.55. The van der Waals surface area contributed by atoms with Crippen molar-refractivity contribution in [3.05, 3.63) is 48.3 Å². The highest BCUT2D eigenvalue weighted by Gasteiger charge is 2.14. The lowest BCUT2D eigenvalue weighted by molar-refractivity contribution is -0.118. The highest BCUT2D eigenvalue weighted by atomic mass is 16.2. The van der Waals surface area contributed by atoms with Gasteiger partial charge in [0.15, 0.2) is 0 Å². The molecule has 0 unspecified atom stereocenters. The molecule has 0 aliphatic heterocycles. The first-order valence-electron chi connectivity index (χ1n) is 7.10. The molecule has 0 saturated carbocycles. The van der Waals surface area contributed by atoms with Gasteiger partial charge in [-0.1, -0.05) is 18.2 Å². The van der Waals surface area contributed by atoms with Crippen molar-refractivity contribution < 1.29 is 4.79 Å². The molecule has 112 valence electrons. The number of nitrogens with one attached hydrogen (secondary N) is 1.